The first-order valence-corrected chi connectivity index (χ1v) is 9.66. The molecule has 2 aromatic rings. The highest BCUT2D eigenvalue weighted by Crippen LogP contribution is 2.25. The van der Waals surface area contributed by atoms with Crippen LogP contribution in [0.3, 0.4) is 0 Å². The molecule has 7 heteroatoms. The van der Waals surface area contributed by atoms with E-state index in [1.165, 1.54) is 0 Å². The number of benzene rings is 1. The molecule has 1 N–H and O–H groups in total. The summed E-state index contributed by atoms with van der Waals surface area (Å²) in [5.74, 6) is 0.731. The molecule has 0 radical (unpaired) electrons. The van der Waals surface area contributed by atoms with E-state index >= 15 is 0 Å². The molecule has 0 saturated carbocycles. The lowest BCUT2D eigenvalue weighted by atomic mass is 10.1. The van der Waals surface area contributed by atoms with Gasteiger partial charge in [-0.25, -0.2) is 0 Å². The van der Waals surface area contributed by atoms with E-state index in [2.05, 4.69) is 10.3 Å². The number of nitrogens with one attached hydrogen (secondary N) is 1. The average molecular weight is 380 g/mol. The third kappa shape index (κ3) is 3.99. The van der Waals surface area contributed by atoms with Crippen molar-refractivity contribution in [1.82, 2.24) is 15.2 Å². The van der Waals surface area contributed by atoms with Crippen LogP contribution in [0.2, 0.25) is 0 Å². The van der Waals surface area contributed by atoms with Gasteiger partial charge in [-0.3, -0.25) is 14.6 Å². The van der Waals surface area contributed by atoms with E-state index in [9.17, 15) is 9.59 Å². The molecule has 0 spiro atoms. The van der Waals surface area contributed by atoms with Gasteiger partial charge in [-0.2, -0.15) is 0 Å². The number of aromatic nitrogens is 1. The number of hydrogen-bond acceptors (Lipinski definition) is 5. The van der Waals surface area contributed by atoms with Crippen molar-refractivity contribution < 1.29 is 14.3 Å². The molecule has 0 bridgehead atoms. The Morgan fingerprint density at radius 2 is 2.07 bits per heavy atom. The summed E-state index contributed by atoms with van der Waals surface area (Å²) in [4.78, 5) is 32.4. The van der Waals surface area contributed by atoms with Crippen molar-refractivity contribution in [2.75, 3.05) is 37.7 Å². The van der Waals surface area contributed by atoms with E-state index in [0.29, 0.717) is 25.3 Å². The Labute approximate surface area is 164 Å². The highest BCUT2D eigenvalue weighted by molar-refractivity contribution is 5.95. The molecule has 2 saturated heterocycles. The Kier molecular flexibility index (Phi) is 5.53. The maximum Gasteiger partial charge on any atom is 0.261 e. The minimum Gasteiger partial charge on any atom is -0.484 e. The first kappa shape index (κ1) is 18.4. The fraction of sp³-hybridized carbons (Fsp3) is 0.381. The fourth-order valence-electron chi connectivity index (χ4n) is 3.75. The van der Waals surface area contributed by atoms with Crippen LogP contribution >= 0.6 is 0 Å². The molecule has 2 aliphatic rings. The monoisotopic (exact) mass is 380 g/mol. The van der Waals surface area contributed by atoms with Crippen LogP contribution in [0.25, 0.3) is 0 Å². The van der Waals surface area contributed by atoms with Crippen molar-refractivity contribution >= 4 is 17.5 Å². The van der Waals surface area contributed by atoms with Gasteiger partial charge in [0.2, 0.25) is 5.91 Å². The molecular weight excluding hydrogens is 356 g/mol. The number of nitrogens with zero attached hydrogens (tertiary/aromatic N) is 3. The number of hydrogen-bond donors (Lipinski definition) is 1. The second-order valence-corrected chi connectivity index (χ2v) is 7.02. The quantitative estimate of drug-likeness (QED) is 0.856. The fourth-order valence-corrected chi connectivity index (χ4v) is 3.75. The number of anilines is 1. The Bertz CT molecular complexity index is 825. The predicted molar refractivity (Wildman–Crippen MR) is 105 cm³/mol. The Hall–Kier alpha value is -2.93. The van der Waals surface area contributed by atoms with Gasteiger partial charge in [0.25, 0.3) is 5.91 Å². The van der Waals surface area contributed by atoms with Crippen molar-refractivity contribution in [3.8, 4) is 5.75 Å². The first-order chi connectivity index (χ1) is 13.7. The smallest absolute Gasteiger partial charge is 0.261 e. The Balaban J connectivity index is 1.37. The van der Waals surface area contributed by atoms with Gasteiger partial charge in [0.1, 0.15) is 5.75 Å². The van der Waals surface area contributed by atoms with Crippen molar-refractivity contribution in [2.24, 2.45) is 0 Å². The summed E-state index contributed by atoms with van der Waals surface area (Å²) in [6, 6.07) is 11.2. The summed E-state index contributed by atoms with van der Waals surface area (Å²) in [6.45, 7) is 2.85. The number of carbonyl (C=O) groups excluding carboxylic acids is 2. The zero-order valence-corrected chi connectivity index (χ0v) is 15.7. The molecule has 1 atom stereocenters. The van der Waals surface area contributed by atoms with Crippen molar-refractivity contribution in [2.45, 2.75) is 18.9 Å². The number of rotatable bonds is 5. The number of piperazine rings is 1. The van der Waals surface area contributed by atoms with Gasteiger partial charge >= 0.3 is 0 Å². The van der Waals surface area contributed by atoms with E-state index in [-0.39, 0.29) is 24.5 Å². The van der Waals surface area contributed by atoms with Crippen LogP contribution in [0.4, 0.5) is 5.69 Å². The van der Waals surface area contributed by atoms with Crippen LogP contribution in [-0.4, -0.2) is 54.5 Å². The molecular formula is C21H24N4O3. The number of pyridine rings is 1. The summed E-state index contributed by atoms with van der Waals surface area (Å²) in [7, 11) is 0. The highest BCUT2D eigenvalue weighted by Gasteiger charge is 2.28. The zero-order chi connectivity index (χ0) is 19.3. The summed E-state index contributed by atoms with van der Waals surface area (Å²) in [5, 5.41) is 3.33. The van der Waals surface area contributed by atoms with Crippen molar-refractivity contribution in [3.63, 3.8) is 0 Å². The van der Waals surface area contributed by atoms with Gasteiger partial charge in [-0.1, -0.05) is 6.07 Å². The first-order valence-electron chi connectivity index (χ1n) is 9.66. The van der Waals surface area contributed by atoms with Gasteiger partial charge in [0.05, 0.1) is 6.04 Å². The van der Waals surface area contributed by atoms with Crippen LogP contribution in [0, 0.1) is 0 Å². The highest BCUT2D eigenvalue weighted by atomic mass is 16.5. The largest absolute Gasteiger partial charge is 0.484 e. The van der Waals surface area contributed by atoms with Gasteiger partial charge in [0.15, 0.2) is 6.61 Å². The minimum atomic E-state index is -0.0471. The molecule has 1 aromatic carbocycles. The summed E-state index contributed by atoms with van der Waals surface area (Å²) in [6.07, 6.45) is 5.04. The maximum atomic E-state index is 12.8. The van der Waals surface area contributed by atoms with Crippen LogP contribution in [0.1, 0.15) is 24.4 Å². The summed E-state index contributed by atoms with van der Waals surface area (Å²) in [5.41, 5.74) is 1.89. The molecule has 2 aliphatic heterocycles. The van der Waals surface area contributed by atoms with Crippen molar-refractivity contribution in [3.05, 3.63) is 54.4 Å². The van der Waals surface area contributed by atoms with Gasteiger partial charge in [-0.15, -0.1) is 0 Å². The molecule has 1 unspecified atom stereocenters. The van der Waals surface area contributed by atoms with Gasteiger partial charge in [0, 0.05) is 50.7 Å². The zero-order valence-electron chi connectivity index (χ0n) is 15.7. The molecule has 146 valence electrons. The van der Waals surface area contributed by atoms with E-state index in [1.54, 1.807) is 17.3 Å². The number of carbonyl (C=O) groups is 2. The van der Waals surface area contributed by atoms with E-state index < -0.39 is 0 Å². The lowest BCUT2D eigenvalue weighted by Gasteiger charge is -2.36. The maximum absolute atomic E-state index is 12.8. The molecule has 3 heterocycles. The van der Waals surface area contributed by atoms with Crippen LogP contribution < -0.4 is 15.0 Å². The molecule has 28 heavy (non-hydrogen) atoms. The van der Waals surface area contributed by atoms with E-state index in [4.69, 9.17) is 4.74 Å². The third-order valence-corrected chi connectivity index (χ3v) is 5.22. The van der Waals surface area contributed by atoms with E-state index in [1.807, 2.05) is 41.3 Å². The SMILES string of the molecule is O=C1CCCN1c1ccc(OCC(=O)N2CCNCC2c2cccnc2)cc1. The Morgan fingerprint density at radius 3 is 2.79 bits per heavy atom. The van der Waals surface area contributed by atoms with Crippen LogP contribution in [0.15, 0.2) is 48.8 Å². The number of ether oxygens (including phenoxy) is 1. The third-order valence-electron chi connectivity index (χ3n) is 5.22. The average Bonchev–Trinajstić information content (AvgIpc) is 3.19. The molecule has 2 amide bonds. The molecule has 7 nitrogen and oxygen atoms in total. The summed E-state index contributed by atoms with van der Waals surface area (Å²) < 4.78 is 5.72. The van der Waals surface area contributed by atoms with Crippen LogP contribution in [-0.2, 0) is 9.59 Å². The van der Waals surface area contributed by atoms with Crippen molar-refractivity contribution in [1.29, 1.82) is 0 Å². The summed E-state index contributed by atoms with van der Waals surface area (Å²) >= 11 is 0. The van der Waals surface area contributed by atoms with Gasteiger partial charge < -0.3 is 19.9 Å². The molecule has 4 rings (SSSR count). The van der Waals surface area contributed by atoms with Gasteiger partial charge in [-0.05, 0) is 42.3 Å². The predicted octanol–water partition coefficient (Wildman–Crippen LogP) is 1.76. The van der Waals surface area contributed by atoms with E-state index in [0.717, 1.165) is 30.8 Å². The molecule has 1 aromatic heterocycles. The normalized spacial score (nSPS) is 19.7. The second kappa shape index (κ2) is 8.39. The topological polar surface area (TPSA) is 74.8 Å². The number of amides is 2. The lowest BCUT2D eigenvalue weighted by Crippen LogP contribution is -2.50. The molecule has 2 fully saturated rings. The van der Waals surface area contributed by atoms with Crippen LogP contribution in [0.5, 0.6) is 5.75 Å². The standard InChI is InChI=1S/C21H24N4O3/c26-20-4-2-11-24(20)17-5-7-18(8-6-17)28-15-21(27)25-12-10-23-14-19(25)16-3-1-9-22-13-16/h1,3,5-9,13,19,23H,2,4,10-12,14-15H2. The molecule has 0 aliphatic carbocycles. The Morgan fingerprint density at radius 1 is 1.21 bits per heavy atom. The second-order valence-electron chi connectivity index (χ2n) is 7.02. The minimum absolute atomic E-state index is 0.0151. The lowest BCUT2D eigenvalue weighted by molar-refractivity contribution is -0.136.